The lowest BCUT2D eigenvalue weighted by atomic mass is 9.88. The van der Waals surface area contributed by atoms with E-state index < -0.39 is 11.4 Å². The van der Waals surface area contributed by atoms with Gasteiger partial charge in [-0.3, -0.25) is 14.4 Å². The highest BCUT2D eigenvalue weighted by Crippen LogP contribution is 2.24. The van der Waals surface area contributed by atoms with Gasteiger partial charge in [0.25, 0.3) is 0 Å². The van der Waals surface area contributed by atoms with Crippen LogP contribution in [0.25, 0.3) is 0 Å². The molecule has 2 N–H and O–H groups in total. The van der Waals surface area contributed by atoms with Gasteiger partial charge in [0.2, 0.25) is 11.8 Å². The number of hydrogen-bond donors (Lipinski definition) is 2. The molecule has 0 unspecified atom stereocenters. The molecule has 114 valence electrons. The van der Waals surface area contributed by atoms with Crippen molar-refractivity contribution in [3.8, 4) is 0 Å². The van der Waals surface area contributed by atoms with Crippen LogP contribution in [-0.4, -0.2) is 47.4 Å². The van der Waals surface area contributed by atoms with Crippen LogP contribution >= 0.6 is 0 Å². The lowest BCUT2D eigenvalue weighted by molar-refractivity contribution is -0.152. The highest BCUT2D eigenvalue weighted by atomic mass is 16.4. The summed E-state index contributed by atoms with van der Waals surface area (Å²) in [5.74, 6) is -1.10. The molecule has 1 heterocycles. The second kappa shape index (κ2) is 6.72. The van der Waals surface area contributed by atoms with Crippen molar-refractivity contribution < 1.29 is 19.5 Å². The van der Waals surface area contributed by atoms with Crippen molar-refractivity contribution in [3.63, 3.8) is 0 Å². The summed E-state index contributed by atoms with van der Waals surface area (Å²) < 4.78 is 0. The Hall–Kier alpha value is -1.59. The van der Waals surface area contributed by atoms with Crippen molar-refractivity contribution >= 4 is 17.8 Å². The minimum Gasteiger partial charge on any atom is -0.481 e. The molecule has 1 aliphatic rings. The number of piperidine rings is 1. The average Bonchev–Trinajstić information content (AvgIpc) is 2.38. The standard InChI is InChI=1S/C14H24N2O4/c1-4-15-12(18)10-5-7-16(8-6-10)11(17)9-14(2,3)13(19)20/h10H,4-9H2,1-3H3,(H,15,18)(H,19,20). The summed E-state index contributed by atoms with van der Waals surface area (Å²) in [6, 6.07) is 0. The number of carboxylic acids is 1. The molecule has 1 rings (SSSR count). The molecule has 0 bridgehead atoms. The van der Waals surface area contributed by atoms with Crippen LogP contribution in [0.4, 0.5) is 0 Å². The lowest BCUT2D eigenvalue weighted by Crippen LogP contribution is -2.44. The summed E-state index contributed by atoms with van der Waals surface area (Å²) in [4.78, 5) is 36.5. The van der Waals surface area contributed by atoms with E-state index in [0.717, 1.165) is 0 Å². The first-order chi connectivity index (χ1) is 9.27. The monoisotopic (exact) mass is 284 g/mol. The number of carbonyl (C=O) groups excluding carboxylic acids is 2. The number of rotatable bonds is 5. The van der Waals surface area contributed by atoms with Gasteiger partial charge in [0.05, 0.1) is 5.41 Å². The Kier molecular flexibility index (Phi) is 5.53. The van der Waals surface area contributed by atoms with Gasteiger partial charge in [-0.15, -0.1) is 0 Å². The molecule has 2 amide bonds. The van der Waals surface area contributed by atoms with E-state index >= 15 is 0 Å². The van der Waals surface area contributed by atoms with Crippen LogP contribution in [0.1, 0.15) is 40.0 Å². The molecule has 6 heteroatoms. The number of nitrogens with one attached hydrogen (secondary N) is 1. The smallest absolute Gasteiger partial charge is 0.309 e. The maximum atomic E-state index is 12.1. The van der Waals surface area contributed by atoms with Crippen molar-refractivity contribution in [2.45, 2.75) is 40.0 Å². The van der Waals surface area contributed by atoms with E-state index in [4.69, 9.17) is 5.11 Å². The van der Waals surface area contributed by atoms with Gasteiger partial charge in [-0.1, -0.05) is 0 Å². The van der Waals surface area contributed by atoms with Gasteiger partial charge >= 0.3 is 5.97 Å². The van der Waals surface area contributed by atoms with Crippen LogP contribution < -0.4 is 5.32 Å². The predicted molar refractivity (Wildman–Crippen MR) is 74.0 cm³/mol. The molecule has 0 aromatic carbocycles. The zero-order valence-corrected chi connectivity index (χ0v) is 12.4. The van der Waals surface area contributed by atoms with Crippen LogP contribution in [0.2, 0.25) is 0 Å². The van der Waals surface area contributed by atoms with Gasteiger partial charge in [-0.25, -0.2) is 0 Å². The molecule has 1 saturated heterocycles. The molecule has 0 aromatic rings. The zero-order chi connectivity index (χ0) is 15.3. The van der Waals surface area contributed by atoms with Crippen molar-refractivity contribution in [2.75, 3.05) is 19.6 Å². The van der Waals surface area contributed by atoms with Crippen LogP contribution in [0, 0.1) is 11.3 Å². The normalized spacial score (nSPS) is 16.9. The number of hydrogen-bond acceptors (Lipinski definition) is 3. The zero-order valence-electron chi connectivity index (χ0n) is 12.4. The molecular formula is C14H24N2O4. The third-order valence-corrected chi connectivity index (χ3v) is 3.74. The topological polar surface area (TPSA) is 86.7 Å². The van der Waals surface area contributed by atoms with Gasteiger partial charge in [-0.2, -0.15) is 0 Å². The van der Waals surface area contributed by atoms with Crippen LogP contribution in [-0.2, 0) is 14.4 Å². The fourth-order valence-corrected chi connectivity index (χ4v) is 2.28. The minimum absolute atomic E-state index is 0.00580. The summed E-state index contributed by atoms with van der Waals surface area (Å²) in [5.41, 5.74) is -1.05. The first-order valence-corrected chi connectivity index (χ1v) is 7.06. The number of aliphatic carboxylic acids is 1. The van der Waals surface area contributed by atoms with E-state index in [2.05, 4.69) is 5.32 Å². The first kappa shape index (κ1) is 16.5. The SMILES string of the molecule is CCNC(=O)C1CCN(C(=O)CC(C)(C)C(=O)O)CC1. The van der Waals surface area contributed by atoms with Gasteiger partial charge in [0, 0.05) is 32.0 Å². The largest absolute Gasteiger partial charge is 0.481 e. The first-order valence-electron chi connectivity index (χ1n) is 7.06. The maximum Gasteiger partial charge on any atom is 0.309 e. The number of carbonyl (C=O) groups is 3. The van der Waals surface area contributed by atoms with E-state index in [0.29, 0.717) is 32.5 Å². The molecule has 20 heavy (non-hydrogen) atoms. The summed E-state index contributed by atoms with van der Waals surface area (Å²) in [5, 5.41) is 11.8. The van der Waals surface area contributed by atoms with E-state index in [1.807, 2.05) is 6.92 Å². The molecule has 0 radical (unpaired) electrons. The van der Waals surface area contributed by atoms with Gasteiger partial charge in [0.15, 0.2) is 0 Å². The summed E-state index contributed by atoms with van der Waals surface area (Å²) >= 11 is 0. The van der Waals surface area contributed by atoms with Crippen LogP contribution in [0.15, 0.2) is 0 Å². The van der Waals surface area contributed by atoms with E-state index in [-0.39, 0.29) is 24.2 Å². The molecule has 6 nitrogen and oxygen atoms in total. The second-order valence-corrected chi connectivity index (χ2v) is 5.92. The Morgan fingerprint density at radius 3 is 2.25 bits per heavy atom. The van der Waals surface area contributed by atoms with Crippen molar-refractivity contribution in [1.29, 1.82) is 0 Å². The lowest BCUT2D eigenvalue weighted by Gasteiger charge is -2.33. The molecule has 0 aromatic heterocycles. The molecule has 1 fully saturated rings. The predicted octanol–water partition coefficient (Wildman–Crippen LogP) is 0.862. The molecular weight excluding hydrogens is 260 g/mol. The number of likely N-dealkylation sites (tertiary alicyclic amines) is 1. The third kappa shape index (κ3) is 4.21. The number of carboxylic acid groups (broad SMARTS) is 1. The summed E-state index contributed by atoms with van der Waals surface area (Å²) in [6.45, 7) is 6.64. The Morgan fingerprint density at radius 1 is 1.25 bits per heavy atom. The van der Waals surface area contributed by atoms with E-state index in [1.165, 1.54) is 0 Å². The second-order valence-electron chi connectivity index (χ2n) is 5.92. The summed E-state index contributed by atoms with van der Waals surface area (Å²) in [6.07, 6.45) is 1.28. The summed E-state index contributed by atoms with van der Waals surface area (Å²) in [7, 11) is 0. The third-order valence-electron chi connectivity index (χ3n) is 3.74. The van der Waals surface area contributed by atoms with Gasteiger partial charge < -0.3 is 15.3 Å². The number of nitrogens with zero attached hydrogens (tertiary/aromatic N) is 1. The van der Waals surface area contributed by atoms with Crippen molar-refractivity contribution in [1.82, 2.24) is 10.2 Å². The quantitative estimate of drug-likeness (QED) is 0.784. The Labute approximate surface area is 119 Å². The molecule has 0 aliphatic carbocycles. The van der Waals surface area contributed by atoms with Crippen molar-refractivity contribution in [2.24, 2.45) is 11.3 Å². The fraction of sp³-hybridized carbons (Fsp3) is 0.786. The maximum absolute atomic E-state index is 12.1. The Bertz CT molecular complexity index is 385. The van der Waals surface area contributed by atoms with E-state index in [9.17, 15) is 14.4 Å². The van der Waals surface area contributed by atoms with Crippen molar-refractivity contribution in [3.05, 3.63) is 0 Å². The molecule has 1 aliphatic heterocycles. The Balaban J connectivity index is 2.47. The highest BCUT2D eigenvalue weighted by molar-refractivity contribution is 5.85. The molecule has 0 atom stereocenters. The number of amides is 2. The van der Waals surface area contributed by atoms with Gasteiger partial charge in [-0.05, 0) is 33.6 Å². The average molecular weight is 284 g/mol. The minimum atomic E-state index is -1.05. The Morgan fingerprint density at radius 2 is 1.80 bits per heavy atom. The van der Waals surface area contributed by atoms with Crippen LogP contribution in [0.3, 0.4) is 0 Å². The molecule has 0 saturated carbocycles. The highest BCUT2D eigenvalue weighted by Gasteiger charge is 2.34. The van der Waals surface area contributed by atoms with Gasteiger partial charge in [0.1, 0.15) is 0 Å². The van der Waals surface area contributed by atoms with Crippen LogP contribution in [0.5, 0.6) is 0 Å². The molecule has 0 spiro atoms. The van der Waals surface area contributed by atoms with E-state index in [1.54, 1.807) is 18.7 Å². The fourth-order valence-electron chi connectivity index (χ4n) is 2.28.